The van der Waals surface area contributed by atoms with E-state index in [1.165, 1.54) is 20.3 Å². The van der Waals surface area contributed by atoms with Crippen LogP contribution in [0, 0.1) is 0 Å². The third kappa shape index (κ3) is 4.21. The number of hydrogen-bond donors (Lipinski definition) is 0. The lowest BCUT2D eigenvalue weighted by atomic mass is 9.85. The maximum atomic E-state index is 13.4. The van der Waals surface area contributed by atoms with Gasteiger partial charge in [-0.25, -0.2) is 0 Å². The van der Waals surface area contributed by atoms with Crippen molar-refractivity contribution in [3.63, 3.8) is 0 Å². The number of carbonyl (C=O) groups is 2. The molecule has 0 saturated carbocycles. The molecule has 0 amide bonds. The quantitative estimate of drug-likeness (QED) is 0.656. The normalized spacial score (nSPS) is 13.9. The summed E-state index contributed by atoms with van der Waals surface area (Å²) in [6.07, 6.45) is 6.31. The number of fused-ring (bicyclic) bond motifs is 1. The van der Waals surface area contributed by atoms with Crippen LogP contribution in [0.1, 0.15) is 41.0 Å². The Bertz CT molecular complexity index is 988. The molecule has 1 aromatic heterocycles. The van der Waals surface area contributed by atoms with Crippen LogP contribution in [0.15, 0.2) is 60.0 Å². The first-order chi connectivity index (χ1) is 14.0. The summed E-state index contributed by atoms with van der Waals surface area (Å²) in [6, 6.07) is 6.75. The van der Waals surface area contributed by atoms with Crippen LogP contribution in [0.3, 0.4) is 0 Å². The van der Waals surface area contributed by atoms with Crippen molar-refractivity contribution in [3.05, 3.63) is 71.1 Å². The highest BCUT2D eigenvalue weighted by atomic mass is 16.5. The largest absolute Gasteiger partial charge is 0.496 e. The monoisotopic (exact) mass is 393 g/mol. The summed E-state index contributed by atoms with van der Waals surface area (Å²) in [5.41, 5.74) is 1.77. The number of aromatic nitrogens is 1. The van der Waals surface area contributed by atoms with Gasteiger partial charge in [0.2, 0.25) is 0 Å². The Morgan fingerprint density at radius 3 is 2.34 bits per heavy atom. The van der Waals surface area contributed by atoms with E-state index >= 15 is 0 Å². The van der Waals surface area contributed by atoms with Crippen LogP contribution in [-0.4, -0.2) is 36.9 Å². The standard InChI is InChI=1S/C23H23NO5/c1-14(2)7-8-18(29-15-6-5-11-24-13-15)16-12-17(25)21-19(27-3)9-10-20(28-4)22(21)23(16)26/h5-7,9-13,18H,8H2,1-4H3/t18-/m1/s1. The minimum absolute atomic E-state index is 0.200. The van der Waals surface area contributed by atoms with Gasteiger partial charge in [0.1, 0.15) is 23.4 Å². The molecule has 1 aliphatic rings. The number of pyridine rings is 1. The number of ether oxygens (including phenoxy) is 3. The summed E-state index contributed by atoms with van der Waals surface area (Å²) in [7, 11) is 2.92. The van der Waals surface area contributed by atoms with E-state index in [1.54, 1.807) is 36.7 Å². The molecule has 0 radical (unpaired) electrons. The second kappa shape index (κ2) is 8.73. The molecule has 1 heterocycles. The topological polar surface area (TPSA) is 74.7 Å². The van der Waals surface area contributed by atoms with E-state index in [0.717, 1.165) is 5.57 Å². The average molecular weight is 393 g/mol. The molecular formula is C23H23NO5. The van der Waals surface area contributed by atoms with Gasteiger partial charge in [0, 0.05) is 18.2 Å². The maximum absolute atomic E-state index is 13.4. The van der Waals surface area contributed by atoms with E-state index in [4.69, 9.17) is 14.2 Å². The first kappa shape index (κ1) is 20.3. The van der Waals surface area contributed by atoms with Crippen molar-refractivity contribution in [2.24, 2.45) is 0 Å². The molecule has 1 aliphatic carbocycles. The van der Waals surface area contributed by atoms with Crippen LogP contribution in [0.2, 0.25) is 0 Å². The summed E-state index contributed by atoms with van der Waals surface area (Å²) in [4.78, 5) is 30.4. The highest BCUT2D eigenvalue weighted by Gasteiger charge is 2.35. The molecule has 0 fully saturated rings. The van der Waals surface area contributed by atoms with E-state index in [1.807, 2.05) is 19.9 Å². The van der Waals surface area contributed by atoms with Crippen LogP contribution in [-0.2, 0) is 0 Å². The third-order valence-electron chi connectivity index (χ3n) is 4.59. The number of rotatable bonds is 7. The Morgan fingerprint density at radius 1 is 1.07 bits per heavy atom. The number of nitrogens with zero attached hydrogens (tertiary/aromatic N) is 1. The van der Waals surface area contributed by atoms with Crippen molar-refractivity contribution in [2.75, 3.05) is 14.2 Å². The van der Waals surface area contributed by atoms with Crippen LogP contribution in [0.5, 0.6) is 17.2 Å². The van der Waals surface area contributed by atoms with Crippen molar-refractivity contribution in [3.8, 4) is 17.2 Å². The van der Waals surface area contributed by atoms with E-state index in [2.05, 4.69) is 4.98 Å². The second-order valence-corrected chi connectivity index (χ2v) is 6.83. The number of methoxy groups -OCH3 is 2. The van der Waals surface area contributed by atoms with Crippen LogP contribution < -0.4 is 14.2 Å². The number of ketones is 2. The highest BCUT2D eigenvalue weighted by Crippen LogP contribution is 2.37. The van der Waals surface area contributed by atoms with Gasteiger partial charge in [-0.2, -0.15) is 0 Å². The molecule has 0 unspecified atom stereocenters. The molecule has 150 valence electrons. The predicted molar refractivity (Wildman–Crippen MR) is 109 cm³/mol. The fourth-order valence-electron chi connectivity index (χ4n) is 3.20. The number of allylic oxidation sites excluding steroid dienone is 2. The zero-order chi connectivity index (χ0) is 21.0. The number of hydrogen-bond acceptors (Lipinski definition) is 6. The maximum Gasteiger partial charge on any atom is 0.197 e. The lowest BCUT2D eigenvalue weighted by molar-refractivity contribution is 0.0951. The van der Waals surface area contributed by atoms with E-state index in [-0.39, 0.29) is 28.3 Å². The second-order valence-electron chi connectivity index (χ2n) is 6.83. The molecule has 0 spiro atoms. The van der Waals surface area contributed by atoms with Crippen molar-refractivity contribution < 1.29 is 23.8 Å². The van der Waals surface area contributed by atoms with Gasteiger partial charge in [0.05, 0.1) is 31.5 Å². The van der Waals surface area contributed by atoms with Gasteiger partial charge in [0.25, 0.3) is 0 Å². The van der Waals surface area contributed by atoms with E-state index in [0.29, 0.717) is 23.7 Å². The SMILES string of the molecule is COc1ccc(OC)c2c1C(=O)C=C([C@@H](CC=C(C)C)Oc1cccnc1)C2=O. The summed E-state index contributed by atoms with van der Waals surface area (Å²) < 4.78 is 16.7. The molecule has 0 aliphatic heterocycles. The van der Waals surface area contributed by atoms with Gasteiger partial charge in [-0.3, -0.25) is 14.6 Å². The molecule has 6 nitrogen and oxygen atoms in total. The molecule has 0 bridgehead atoms. The van der Waals surface area contributed by atoms with Gasteiger partial charge in [-0.15, -0.1) is 0 Å². The zero-order valence-corrected chi connectivity index (χ0v) is 16.9. The third-order valence-corrected chi connectivity index (χ3v) is 4.59. The van der Waals surface area contributed by atoms with Gasteiger partial charge < -0.3 is 14.2 Å². The number of benzene rings is 1. The molecule has 6 heteroatoms. The minimum Gasteiger partial charge on any atom is -0.496 e. The number of carbonyl (C=O) groups excluding carboxylic acids is 2. The Hall–Kier alpha value is -3.41. The highest BCUT2D eigenvalue weighted by molar-refractivity contribution is 6.27. The lowest BCUT2D eigenvalue weighted by Gasteiger charge is -2.25. The van der Waals surface area contributed by atoms with Crippen molar-refractivity contribution in [2.45, 2.75) is 26.4 Å². The zero-order valence-electron chi connectivity index (χ0n) is 16.9. The summed E-state index contributed by atoms with van der Waals surface area (Å²) in [6.45, 7) is 3.93. The Labute approximate surface area is 169 Å². The molecule has 29 heavy (non-hydrogen) atoms. The summed E-state index contributed by atoms with van der Waals surface area (Å²) in [5, 5.41) is 0. The average Bonchev–Trinajstić information content (AvgIpc) is 2.73. The van der Waals surface area contributed by atoms with Gasteiger partial charge in [-0.1, -0.05) is 11.6 Å². The first-order valence-corrected chi connectivity index (χ1v) is 9.22. The Balaban J connectivity index is 2.07. The number of Topliss-reactive ketones (excluding diaryl/α,β-unsaturated/α-hetero) is 1. The van der Waals surface area contributed by atoms with E-state index in [9.17, 15) is 9.59 Å². The minimum atomic E-state index is -0.644. The van der Waals surface area contributed by atoms with Crippen LogP contribution in [0.25, 0.3) is 0 Å². The van der Waals surface area contributed by atoms with Crippen molar-refractivity contribution >= 4 is 11.6 Å². The fourth-order valence-corrected chi connectivity index (χ4v) is 3.20. The van der Waals surface area contributed by atoms with Gasteiger partial charge >= 0.3 is 0 Å². The van der Waals surface area contributed by atoms with Crippen LogP contribution in [0.4, 0.5) is 0 Å². The summed E-state index contributed by atoms with van der Waals surface area (Å²) in [5.74, 6) is 0.550. The molecule has 0 N–H and O–H groups in total. The van der Waals surface area contributed by atoms with Crippen molar-refractivity contribution in [1.29, 1.82) is 0 Å². The first-order valence-electron chi connectivity index (χ1n) is 9.22. The van der Waals surface area contributed by atoms with Gasteiger partial charge in [0.15, 0.2) is 11.6 Å². The molecule has 0 saturated heterocycles. The molecule has 1 aromatic carbocycles. The molecule has 2 aromatic rings. The Morgan fingerprint density at radius 2 is 1.76 bits per heavy atom. The van der Waals surface area contributed by atoms with E-state index < -0.39 is 6.10 Å². The predicted octanol–water partition coefficient (Wildman–Crippen LogP) is 4.21. The molecule has 3 rings (SSSR count). The summed E-state index contributed by atoms with van der Waals surface area (Å²) >= 11 is 0. The smallest absolute Gasteiger partial charge is 0.197 e. The van der Waals surface area contributed by atoms with Crippen molar-refractivity contribution in [1.82, 2.24) is 4.98 Å². The van der Waals surface area contributed by atoms with Crippen LogP contribution >= 0.6 is 0 Å². The lowest BCUT2D eigenvalue weighted by Crippen LogP contribution is -2.29. The van der Waals surface area contributed by atoms with Gasteiger partial charge in [-0.05, 0) is 44.2 Å². The fraction of sp³-hybridized carbons (Fsp3) is 0.261. The molecule has 1 atom stereocenters. The Kier molecular flexibility index (Phi) is 6.12. The molecular weight excluding hydrogens is 370 g/mol.